The Kier molecular flexibility index (Phi) is 10.6. The van der Waals surface area contributed by atoms with Gasteiger partial charge in [0.1, 0.15) is 6.23 Å². The second-order valence-electron chi connectivity index (χ2n) is 5.03. The van der Waals surface area contributed by atoms with Crippen molar-refractivity contribution >= 4 is 0 Å². The fourth-order valence-electron chi connectivity index (χ4n) is 2.21. The van der Waals surface area contributed by atoms with E-state index < -0.39 is 0 Å². The van der Waals surface area contributed by atoms with E-state index in [9.17, 15) is 5.11 Å². The maximum absolute atomic E-state index is 9.89. The molecule has 0 rings (SSSR count). The van der Waals surface area contributed by atoms with E-state index in [4.69, 9.17) is 0 Å². The highest BCUT2D eigenvalue weighted by molar-refractivity contribution is 4.85. The highest BCUT2D eigenvalue weighted by Gasteiger charge is 2.25. The fraction of sp³-hybridized carbons (Fsp3) is 1.00. The SMILES string of the molecule is CCCNC(CC)(CC)CCC(O)NCCNC. The van der Waals surface area contributed by atoms with E-state index in [2.05, 4.69) is 36.7 Å². The minimum absolute atomic E-state index is 0.196. The number of rotatable bonds is 12. The van der Waals surface area contributed by atoms with Crippen LogP contribution >= 0.6 is 0 Å². The topological polar surface area (TPSA) is 56.3 Å². The summed E-state index contributed by atoms with van der Waals surface area (Å²) in [6.45, 7) is 9.41. The summed E-state index contributed by atoms with van der Waals surface area (Å²) in [6.07, 6.45) is 4.83. The lowest BCUT2D eigenvalue weighted by Gasteiger charge is -2.34. The fourth-order valence-corrected chi connectivity index (χ4v) is 2.21. The van der Waals surface area contributed by atoms with Crippen molar-refractivity contribution in [3.05, 3.63) is 0 Å². The first-order chi connectivity index (χ1) is 8.64. The van der Waals surface area contributed by atoms with E-state index in [0.29, 0.717) is 0 Å². The first kappa shape index (κ1) is 17.8. The Hall–Kier alpha value is -0.160. The van der Waals surface area contributed by atoms with Gasteiger partial charge >= 0.3 is 0 Å². The van der Waals surface area contributed by atoms with Gasteiger partial charge in [0.05, 0.1) is 0 Å². The lowest BCUT2D eigenvalue weighted by Crippen LogP contribution is -2.46. The van der Waals surface area contributed by atoms with Gasteiger partial charge in [0.2, 0.25) is 0 Å². The maximum atomic E-state index is 9.89. The molecule has 0 aliphatic carbocycles. The molecule has 4 N–H and O–H groups in total. The number of hydrogen-bond donors (Lipinski definition) is 4. The predicted octanol–water partition coefficient (Wildman–Crippen LogP) is 1.45. The summed E-state index contributed by atoms with van der Waals surface area (Å²) < 4.78 is 0. The second kappa shape index (κ2) is 10.7. The zero-order chi connectivity index (χ0) is 13.9. The molecule has 0 spiro atoms. The summed E-state index contributed by atoms with van der Waals surface area (Å²) in [5.41, 5.74) is 0.196. The van der Waals surface area contributed by atoms with Gasteiger partial charge in [-0.1, -0.05) is 20.8 Å². The molecule has 0 aromatic carbocycles. The molecule has 0 saturated carbocycles. The van der Waals surface area contributed by atoms with Crippen molar-refractivity contribution in [3.63, 3.8) is 0 Å². The van der Waals surface area contributed by atoms with Crippen LogP contribution in [-0.2, 0) is 0 Å². The van der Waals surface area contributed by atoms with Gasteiger partial charge in [-0.15, -0.1) is 0 Å². The van der Waals surface area contributed by atoms with Crippen LogP contribution in [0.25, 0.3) is 0 Å². The third-order valence-corrected chi connectivity index (χ3v) is 3.75. The number of aliphatic hydroxyl groups excluding tert-OH is 1. The van der Waals surface area contributed by atoms with Crippen molar-refractivity contribution in [2.75, 3.05) is 26.7 Å². The van der Waals surface area contributed by atoms with Crippen LogP contribution in [0.15, 0.2) is 0 Å². The Balaban J connectivity index is 4.00. The molecule has 0 amide bonds. The Bertz CT molecular complexity index is 184. The predicted molar refractivity (Wildman–Crippen MR) is 78.8 cm³/mol. The van der Waals surface area contributed by atoms with Crippen LogP contribution in [0.1, 0.15) is 52.9 Å². The lowest BCUT2D eigenvalue weighted by molar-refractivity contribution is 0.110. The van der Waals surface area contributed by atoms with Gasteiger partial charge < -0.3 is 15.7 Å². The van der Waals surface area contributed by atoms with Gasteiger partial charge in [-0.2, -0.15) is 0 Å². The normalized spacial score (nSPS) is 13.8. The number of likely N-dealkylation sites (N-methyl/N-ethyl adjacent to an activating group) is 1. The Morgan fingerprint density at radius 1 is 1.06 bits per heavy atom. The smallest absolute Gasteiger partial charge is 0.105 e. The standard InChI is InChI=1S/C14H33N3O/c1-5-10-17-14(6-2,7-3)9-8-13(18)16-12-11-15-4/h13,15-18H,5-12H2,1-4H3. The Morgan fingerprint density at radius 3 is 2.22 bits per heavy atom. The quantitative estimate of drug-likeness (QED) is 0.316. The van der Waals surface area contributed by atoms with Crippen LogP contribution < -0.4 is 16.0 Å². The third-order valence-electron chi connectivity index (χ3n) is 3.75. The minimum Gasteiger partial charge on any atom is -0.379 e. The summed E-state index contributed by atoms with van der Waals surface area (Å²) in [5.74, 6) is 0. The first-order valence-corrected chi connectivity index (χ1v) is 7.45. The van der Waals surface area contributed by atoms with E-state index in [0.717, 1.165) is 51.7 Å². The number of nitrogens with one attached hydrogen (secondary N) is 3. The third kappa shape index (κ3) is 7.31. The largest absolute Gasteiger partial charge is 0.379 e. The summed E-state index contributed by atoms with van der Waals surface area (Å²) in [4.78, 5) is 0. The van der Waals surface area contributed by atoms with Crippen molar-refractivity contribution < 1.29 is 5.11 Å². The Morgan fingerprint density at radius 2 is 1.72 bits per heavy atom. The molecule has 110 valence electrons. The van der Waals surface area contributed by atoms with Gasteiger partial charge in [0.25, 0.3) is 0 Å². The highest BCUT2D eigenvalue weighted by Crippen LogP contribution is 2.22. The number of aliphatic hydroxyl groups is 1. The van der Waals surface area contributed by atoms with E-state index in [1.54, 1.807) is 0 Å². The summed E-state index contributed by atoms with van der Waals surface area (Å²) >= 11 is 0. The van der Waals surface area contributed by atoms with E-state index in [1.807, 2.05) is 7.05 Å². The molecule has 4 nitrogen and oxygen atoms in total. The van der Waals surface area contributed by atoms with E-state index in [1.165, 1.54) is 0 Å². The second-order valence-corrected chi connectivity index (χ2v) is 5.03. The molecule has 18 heavy (non-hydrogen) atoms. The van der Waals surface area contributed by atoms with Gasteiger partial charge in [-0.25, -0.2) is 0 Å². The molecule has 4 heteroatoms. The van der Waals surface area contributed by atoms with Crippen LogP contribution in [0.3, 0.4) is 0 Å². The van der Waals surface area contributed by atoms with Gasteiger partial charge in [0.15, 0.2) is 0 Å². The van der Waals surface area contributed by atoms with Crippen molar-refractivity contribution in [2.45, 2.75) is 64.6 Å². The molecule has 1 atom stereocenters. The zero-order valence-corrected chi connectivity index (χ0v) is 12.7. The van der Waals surface area contributed by atoms with Crippen LogP contribution in [0, 0.1) is 0 Å². The highest BCUT2D eigenvalue weighted by atomic mass is 16.3. The molecule has 0 fully saturated rings. The molecule has 0 saturated heterocycles. The first-order valence-electron chi connectivity index (χ1n) is 7.45. The Labute approximate surface area is 113 Å². The average molecular weight is 259 g/mol. The molecule has 0 radical (unpaired) electrons. The van der Waals surface area contributed by atoms with Crippen LogP contribution in [0.4, 0.5) is 0 Å². The maximum Gasteiger partial charge on any atom is 0.105 e. The summed E-state index contributed by atoms with van der Waals surface area (Å²) in [7, 11) is 1.92. The van der Waals surface area contributed by atoms with Crippen molar-refractivity contribution in [1.29, 1.82) is 0 Å². The van der Waals surface area contributed by atoms with E-state index in [-0.39, 0.29) is 11.8 Å². The molecule has 0 heterocycles. The average Bonchev–Trinajstić information content (AvgIpc) is 2.40. The summed E-state index contributed by atoms with van der Waals surface area (Å²) in [6, 6.07) is 0. The molecule has 0 aliphatic rings. The molecule has 1 unspecified atom stereocenters. The molecule has 0 aromatic rings. The molecule has 0 aromatic heterocycles. The lowest BCUT2D eigenvalue weighted by atomic mass is 9.87. The van der Waals surface area contributed by atoms with Gasteiger partial charge in [-0.05, 0) is 45.7 Å². The summed E-state index contributed by atoms with van der Waals surface area (Å²) in [5, 5.41) is 19.7. The molecular formula is C14H33N3O. The van der Waals surface area contributed by atoms with Gasteiger partial charge in [0, 0.05) is 18.6 Å². The molecule has 0 bridgehead atoms. The number of hydrogen-bond acceptors (Lipinski definition) is 4. The van der Waals surface area contributed by atoms with Crippen LogP contribution in [0.2, 0.25) is 0 Å². The monoisotopic (exact) mass is 259 g/mol. The van der Waals surface area contributed by atoms with Crippen molar-refractivity contribution in [3.8, 4) is 0 Å². The molecule has 0 aliphatic heterocycles. The van der Waals surface area contributed by atoms with Crippen LogP contribution in [-0.4, -0.2) is 43.6 Å². The van der Waals surface area contributed by atoms with Crippen molar-refractivity contribution in [1.82, 2.24) is 16.0 Å². The zero-order valence-electron chi connectivity index (χ0n) is 12.7. The van der Waals surface area contributed by atoms with Crippen molar-refractivity contribution in [2.24, 2.45) is 0 Å². The van der Waals surface area contributed by atoms with E-state index >= 15 is 0 Å². The molecular weight excluding hydrogens is 226 g/mol. The van der Waals surface area contributed by atoms with Gasteiger partial charge in [-0.3, -0.25) is 5.32 Å². The minimum atomic E-state index is -0.390. The van der Waals surface area contributed by atoms with Crippen LogP contribution in [0.5, 0.6) is 0 Å².